The van der Waals surface area contributed by atoms with Gasteiger partial charge in [-0.1, -0.05) is 62.5 Å². The van der Waals surface area contributed by atoms with Crippen LogP contribution < -0.4 is 0 Å². The van der Waals surface area contributed by atoms with Crippen molar-refractivity contribution in [3.05, 3.63) is 59.7 Å². The number of esters is 1. The van der Waals surface area contributed by atoms with E-state index in [9.17, 15) is 4.79 Å². The molecule has 128 valence electrons. The molecular formula is C22H28O2. The van der Waals surface area contributed by atoms with Gasteiger partial charge in [0.05, 0.1) is 0 Å². The molecule has 0 saturated heterocycles. The average molecular weight is 324 g/mol. The Morgan fingerprint density at radius 1 is 1.21 bits per heavy atom. The molecule has 2 nitrogen and oxygen atoms in total. The van der Waals surface area contributed by atoms with Gasteiger partial charge >= 0.3 is 5.97 Å². The summed E-state index contributed by atoms with van der Waals surface area (Å²) in [7, 11) is 0. The summed E-state index contributed by atoms with van der Waals surface area (Å²) in [6, 6.07) is 9.78. The van der Waals surface area contributed by atoms with Gasteiger partial charge in [-0.3, -0.25) is 4.79 Å². The molecule has 0 heterocycles. The number of hydrogen-bond acceptors (Lipinski definition) is 2. The van der Waals surface area contributed by atoms with Crippen LogP contribution in [0.4, 0.5) is 0 Å². The second kappa shape index (κ2) is 11.3. The Morgan fingerprint density at radius 3 is 2.42 bits per heavy atom. The molecule has 1 atom stereocenters. The minimum absolute atomic E-state index is 0.301. The molecule has 24 heavy (non-hydrogen) atoms. The molecule has 2 heteroatoms. The summed E-state index contributed by atoms with van der Waals surface area (Å²) in [6.45, 7) is 9.59. The minimum Gasteiger partial charge on any atom is -0.445 e. The summed E-state index contributed by atoms with van der Waals surface area (Å²) in [5.41, 5.74) is 3.35. The van der Waals surface area contributed by atoms with E-state index < -0.39 is 6.10 Å². The van der Waals surface area contributed by atoms with Gasteiger partial charge in [-0.05, 0) is 42.9 Å². The van der Waals surface area contributed by atoms with Crippen molar-refractivity contribution in [3.63, 3.8) is 0 Å². The van der Waals surface area contributed by atoms with E-state index in [2.05, 4.69) is 32.3 Å². The van der Waals surface area contributed by atoms with Crippen molar-refractivity contribution in [3.8, 4) is 11.8 Å². The van der Waals surface area contributed by atoms with Crippen LogP contribution in [0.15, 0.2) is 54.1 Å². The third kappa shape index (κ3) is 6.87. The molecule has 1 rings (SSSR count). The zero-order valence-corrected chi connectivity index (χ0v) is 15.1. The van der Waals surface area contributed by atoms with E-state index >= 15 is 0 Å². The molecule has 0 fully saturated rings. The number of allylic oxidation sites excluding steroid dienone is 2. The molecule has 1 aromatic carbocycles. The summed E-state index contributed by atoms with van der Waals surface area (Å²) < 4.78 is 5.56. The van der Waals surface area contributed by atoms with E-state index in [1.165, 1.54) is 12.5 Å². The number of rotatable bonds is 8. The van der Waals surface area contributed by atoms with Crippen LogP contribution in [-0.2, 0) is 9.53 Å². The fourth-order valence-electron chi connectivity index (χ4n) is 2.66. The molecule has 0 bridgehead atoms. The molecule has 1 aromatic rings. The average Bonchev–Trinajstić information content (AvgIpc) is 2.57. The van der Waals surface area contributed by atoms with Crippen LogP contribution in [0.25, 0.3) is 0 Å². The molecule has 0 spiro atoms. The van der Waals surface area contributed by atoms with Crippen molar-refractivity contribution in [2.45, 2.75) is 59.0 Å². The predicted molar refractivity (Wildman–Crippen MR) is 101 cm³/mol. The standard InChI is InChI=1S/C22H28O2/c1-5-11-20(12-6-2)21(13-7-3)22(24-18(4)23)17-16-19-14-9-8-10-15-19/h5,8-10,14-15,22H,1,6-7,11-13H2,2-4H3/b21-20-. The maximum atomic E-state index is 11.6. The first-order valence-corrected chi connectivity index (χ1v) is 8.67. The lowest BCUT2D eigenvalue weighted by Crippen LogP contribution is -2.19. The highest BCUT2D eigenvalue weighted by Gasteiger charge is 2.18. The zero-order valence-electron chi connectivity index (χ0n) is 15.1. The van der Waals surface area contributed by atoms with E-state index in [-0.39, 0.29) is 5.97 Å². The summed E-state index contributed by atoms with van der Waals surface area (Å²) in [6.07, 6.45) is 6.14. The molecule has 0 amide bonds. The van der Waals surface area contributed by atoms with E-state index in [0.29, 0.717) is 0 Å². The largest absolute Gasteiger partial charge is 0.445 e. The van der Waals surface area contributed by atoms with Crippen molar-refractivity contribution in [2.24, 2.45) is 0 Å². The lowest BCUT2D eigenvalue weighted by atomic mass is 9.93. The third-order valence-corrected chi connectivity index (χ3v) is 3.64. The number of benzene rings is 1. The first-order chi connectivity index (χ1) is 11.6. The Kier molecular flexibility index (Phi) is 9.31. The SMILES string of the molecule is C=CC/C(CCC)=C(\CCC)C(C#Cc1ccccc1)OC(C)=O. The molecule has 0 aliphatic heterocycles. The van der Waals surface area contributed by atoms with Crippen molar-refractivity contribution in [1.82, 2.24) is 0 Å². The van der Waals surface area contributed by atoms with Crippen molar-refractivity contribution in [1.29, 1.82) is 0 Å². The summed E-state index contributed by atoms with van der Waals surface area (Å²) in [5, 5.41) is 0. The molecule has 0 saturated carbocycles. The van der Waals surface area contributed by atoms with Crippen LogP contribution in [0.3, 0.4) is 0 Å². The van der Waals surface area contributed by atoms with Gasteiger partial charge in [0.15, 0.2) is 6.10 Å². The highest BCUT2D eigenvalue weighted by molar-refractivity contribution is 5.67. The number of hydrogen-bond donors (Lipinski definition) is 0. The second-order valence-corrected chi connectivity index (χ2v) is 5.75. The first-order valence-electron chi connectivity index (χ1n) is 8.67. The Bertz CT molecular complexity index is 614. The predicted octanol–water partition coefficient (Wildman–Crippen LogP) is 5.44. The molecule has 0 aromatic heterocycles. The summed E-state index contributed by atoms with van der Waals surface area (Å²) in [5.74, 6) is 6.00. The smallest absolute Gasteiger partial charge is 0.304 e. The molecule has 0 aliphatic rings. The van der Waals surface area contributed by atoms with Crippen molar-refractivity contribution >= 4 is 5.97 Å². The fourth-order valence-corrected chi connectivity index (χ4v) is 2.66. The number of ether oxygens (including phenoxy) is 1. The molecule has 0 radical (unpaired) electrons. The lowest BCUT2D eigenvalue weighted by Gasteiger charge is -2.19. The first kappa shape index (κ1) is 19.8. The summed E-state index contributed by atoms with van der Waals surface area (Å²) in [4.78, 5) is 11.6. The molecule has 0 aliphatic carbocycles. The van der Waals surface area contributed by atoms with Gasteiger partial charge in [-0.25, -0.2) is 0 Å². The quantitative estimate of drug-likeness (QED) is 0.361. The number of carbonyl (C=O) groups excluding carboxylic acids is 1. The highest BCUT2D eigenvalue weighted by atomic mass is 16.5. The molecule has 0 N–H and O–H groups in total. The van der Waals surface area contributed by atoms with Gasteiger partial charge < -0.3 is 4.74 Å². The van der Waals surface area contributed by atoms with Crippen LogP contribution >= 0.6 is 0 Å². The second-order valence-electron chi connectivity index (χ2n) is 5.75. The van der Waals surface area contributed by atoms with Gasteiger partial charge in [0, 0.05) is 12.5 Å². The Hall–Kier alpha value is -2.27. The molecular weight excluding hydrogens is 296 g/mol. The van der Waals surface area contributed by atoms with Gasteiger partial charge in [-0.2, -0.15) is 0 Å². The maximum Gasteiger partial charge on any atom is 0.304 e. The fraction of sp³-hybridized carbons (Fsp3) is 0.409. The van der Waals surface area contributed by atoms with Crippen LogP contribution in [-0.4, -0.2) is 12.1 Å². The van der Waals surface area contributed by atoms with Gasteiger partial charge in [0.1, 0.15) is 0 Å². The zero-order chi connectivity index (χ0) is 17.8. The Morgan fingerprint density at radius 2 is 1.88 bits per heavy atom. The monoisotopic (exact) mass is 324 g/mol. The normalized spacial score (nSPS) is 12.5. The van der Waals surface area contributed by atoms with Gasteiger partial charge in [0.2, 0.25) is 0 Å². The van der Waals surface area contributed by atoms with Crippen LogP contribution in [0, 0.1) is 11.8 Å². The van der Waals surface area contributed by atoms with E-state index in [1.54, 1.807) is 0 Å². The van der Waals surface area contributed by atoms with E-state index in [4.69, 9.17) is 4.74 Å². The Balaban J connectivity index is 3.26. The lowest BCUT2D eigenvalue weighted by molar-refractivity contribution is -0.142. The third-order valence-electron chi connectivity index (χ3n) is 3.64. The van der Waals surface area contributed by atoms with Crippen molar-refractivity contribution in [2.75, 3.05) is 0 Å². The Labute approximate surface area is 146 Å². The van der Waals surface area contributed by atoms with Crippen LogP contribution in [0.5, 0.6) is 0 Å². The van der Waals surface area contributed by atoms with Crippen LogP contribution in [0.1, 0.15) is 58.4 Å². The van der Waals surface area contributed by atoms with E-state index in [1.807, 2.05) is 36.4 Å². The topological polar surface area (TPSA) is 26.3 Å². The van der Waals surface area contributed by atoms with E-state index in [0.717, 1.165) is 43.2 Å². The van der Waals surface area contributed by atoms with Crippen LogP contribution in [0.2, 0.25) is 0 Å². The summed E-state index contributed by atoms with van der Waals surface area (Å²) >= 11 is 0. The van der Waals surface area contributed by atoms with Crippen molar-refractivity contribution < 1.29 is 9.53 Å². The van der Waals surface area contributed by atoms with Gasteiger partial charge in [-0.15, -0.1) is 6.58 Å². The molecule has 1 unspecified atom stereocenters. The number of carbonyl (C=O) groups is 1. The minimum atomic E-state index is -0.482. The maximum absolute atomic E-state index is 11.6. The highest BCUT2D eigenvalue weighted by Crippen LogP contribution is 2.24. The van der Waals surface area contributed by atoms with Gasteiger partial charge in [0.25, 0.3) is 0 Å².